The molecule has 0 aliphatic carbocycles. The Morgan fingerprint density at radius 2 is 1.86 bits per heavy atom. The molecule has 1 aromatic rings. The summed E-state index contributed by atoms with van der Waals surface area (Å²) < 4.78 is 2.21. The first-order chi connectivity index (χ1) is 9.52. The fraction of sp³-hybridized carbons (Fsp3) is 0.357. The van der Waals surface area contributed by atoms with E-state index in [2.05, 4.69) is 78.7 Å². The summed E-state index contributed by atoms with van der Waals surface area (Å²) in [6.45, 7) is 0.355. The van der Waals surface area contributed by atoms with Crippen molar-refractivity contribution in [2.45, 2.75) is 0 Å². The predicted molar refractivity (Wildman–Crippen MR) is 86.7 cm³/mol. The maximum atomic E-state index is 3.36. The van der Waals surface area contributed by atoms with Gasteiger partial charge in [0.15, 0.2) is 0 Å². The van der Waals surface area contributed by atoms with E-state index in [1.54, 1.807) is 0 Å². The van der Waals surface area contributed by atoms with Crippen LogP contribution in [0.3, 0.4) is 0 Å². The summed E-state index contributed by atoms with van der Waals surface area (Å²) in [6.07, 6.45) is 7.37. The van der Waals surface area contributed by atoms with Crippen LogP contribution in [-0.2, 0) is 20.1 Å². The smallest absolute Gasteiger partial charge is 0.507 e. The van der Waals surface area contributed by atoms with Crippen molar-refractivity contribution in [3.05, 3.63) is 42.6 Å². The van der Waals surface area contributed by atoms with E-state index in [1.165, 1.54) is 0 Å². The second kappa shape index (κ2) is 7.95. The first-order valence-corrected chi connectivity index (χ1v) is 6.76. The monoisotopic (exact) mass is 460 g/mol. The molecular formula is C14H21B2IrN4-. The van der Waals surface area contributed by atoms with Crippen LogP contribution >= 0.6 is 0 Å². The minimum absolute atomic E-state index is 0. The van der Waals surface area contributed by atoms with Crippen molar-refractivity contribution in [3.63, 3.8) is 0 Å². The Morgan fingerprint density at radius 3 is 2.38 bits per heavy atom. The van der Waals surface area contributed by atoms with Crippen LogP contribution in [0.15, 0.2) is 30.3 Å². The minimum Gasteiger partial charge on any atom is -0.507 e. The number of hydrogen-bond donors (Lipinski definition) is 0. The second-order valence-electron chi connectivity index (χ2n) is 5.48. The summed E-state index contributed by atoms with van der Waals surface area (Å²) in [5, 5.41) is 0. The Hall–Kier alpha value is -0.871. The van der Waals surface area contributed by atoms with Gasteiger partial charge >= 0.3 is 13.7 Å². The van der Waals surface area contributed by atoms with E-state index in [0.29, 0.717) is 0 Å². The van der Waals surface area contributed by atoms with Gasteiger partial charge < -0.3 is 14.1 Å². The molecule has 2 rings (SSSR count). The van der Waals surface area contributed by atoms with Crippen LogP contribution in [0.4, 0.5) is 5.69 Å². The molecule has 0 saturated carbocycles. The van der Waals surface area contributed by atoms with E-state index in [0.717, 1.165) is 5.69 Å². The molecule has 0 fully saturated rings. The topological polar surface area (TPSA) is 12.7 Å². The number of rotatable bonds is 3. The Labute approximate surface area is 142 Å². The van der Waals surface area contributed by atoms with Crippen molar-refractivity contribution >= 4 is 25.6 Å². The summed E-state index contributed by atoms with van der Waals surface area (Å²) in [5.41, 5.74) is 1.03. The van der Waals surface area contributed by atoms with Gasteiger partial charge in [0.1, 0.15) is 0 Å². The van der Waals surface area contributed by atoms with Gasteiger partial charge in [-0.15, -0.1) is 12.3 Å². The molecule has 0 saturated heterocycles. The van der Waals surface area contributed by atoms with Crippen LogP contribution in [0.5, 0.6) is 0 Å². The Balaban J connectivity index is 0.00000220. The van der Waals surface area contributed by atoms with Crippen molar-refractivity contribution in [3.8, 4) is 0 Å². The molecule has 0 aromatic heterocycles. The normalized spacial score (nSPS) is 15.2. The molecular weight excluding hydrogens is 438 g/mol. The molecule has 1 radical (unpaired) electrons. The van der Waals surface area contributed by atoms with Gasteiger partial charge in [0, 0.05) is 26.3 Å². The maximum Gasteiger partial charge on any atom is 0.559 e. The molecule has 0 N–H and O–H groups in total. The van der Waals surface area contributed by atoms with E-state index in [1.807, 2.05) is 24.3 Å². The number of anilines is 1. The number of benzene rings is 1. The summed E-state index contributed by atoms with van der Waals surface area (Å²) in [4.78, 5) is 6.57. The molecule has 1 aliphatic heterocycles. The van der Waals surface area contributed by atoms with Crippen LogP contribution in [0.25, 0.3) is 0 Å². The second-order valence-corrected chi connectivity index (χ2v) is 5.48. The third kappa shape index (κ3) is 4.07. The Morgan fingerprint density at radius 1 is 1.14 bits per heavy atom. The van der Waals surface area contributed by atoms with E-state index < -0.39 is 0 Å². The molecule has 0 spiro atoms. The van der Waals surface area contributed by atoms with Gasteiger partial charge in [-0.2, -0.15) is 23.9 Å². The van der Waals surface area contributed by atoms with Crippen LogP contribution < -0.4 is 4.81 Å². The average molecular weight is 459 g/mol. The summed E-state index contributed by atoms with van der Waals surface area (Å²) in [7, 11) is 10.5. The molecule has 0 amide bonds. The van der Waals surface area contributed by atoms with Crippen LogP contribution in [0.2, 0.25) is 0 Å². The van der Waals surface area contributed by atoms with Gasteiger partial charge in [0.2, 0.25) is 0 Å². The summed E-state index contributed by atoms with van der Waals surface area (Å²) >= 11 is 0. The number of nitrogens with zero attached hydrogens (tertiary/aromatic N) is 4. The van der Waals surface area contributed by atoms with Gasteiger partial charge in [-0.25, -0.2) is 12.1 Å². The fourth-order valence-electron chi connectivity index (χ4n) is 2.61. The van der Waals surface area contributed by atoms with Crippen molar-refractivity contribution in [2.24, 2.45) is 0 Å². The third-order valence-corrected chi connectivity index (χ3v) is 3.48. The van der Waals surface area contributed by atoms with Gasteiger partial charge in [0.25, 0.3) is 0 Å². The predicted octanol–water partition coefficient (Wildman–Crippen LogP) is 0.512. The number of para-hydroxylation sites is 1. The molecule has 0 bridgehead atoms. The molecule has 1 aliphatic rings. The van der Waals surface area contributed by atoms with Crippen molar-refractivity contribution in [1.82, 2.24) is 9.62 Å². The van der Waals surface area contributed by atoms with Gasteiger partial charge in [-0.3, -0.25) is 4.81 Å². The quantitative estimate of drug-likeness (QED) is 0.484. The molecule has 0 unspecified atom stereocenters. The number of allylic oxidation sites excluding steroid dienone is 1. The third-order valence-electron chi connectivity index (χ3n) is 3.48. The summed E-state index contributed by atoms with van der Waals surface area (Å²) in [6, 6.07) is 11.3. The zero-order chi connectivity index (χ0) is 14.7. The van der Waals surface area contributed by atoms with Crippen molar-refractivity contribution in [2.75, 3.05) is 40.0 Å². The average Bonchev–Trinajstić information content (AvgIpc) is 2.58. The zero-order valence-corrected chi connectivity index (χ0v) is 15.6. The molecule has 1 heterocycles. The molecule has 0 atom stereocenters. The van der Waals surface area contributed by atoms with Crippen molar-refractivity contribution < 1.29 is 24.6 Å². The van der Waals surface area contributed by atoms with E-state index in [4.69, 9.17) is 0 Å². The minimum atomic E-state index is 0. The molecule has 21 heavy (non-hydrogen) atoms. The van der Waals surface area contributed by atoms with Crippen LogP contribution in [-0.4, -0.2) is 69.3 Å². The Kier molecular flexibility index (Phi) is 6.88. The molecule has 4 nitrogen and oxygen atoms in total. The van der Waals surface area contributed by atoms with Crippen LogP contribution in [0, 0.1) is 12.3 Å². The Bertz CT molecular complexity index is 505. The van der Waals surface area contributed by atoms with Gasteiger partial charge in [-0.1, -0.05) is 0 Å². The van der Waals surface area contributed by atoms with Gasteiger partial charge in [0.05, 0.1) is 7.05 Å². The fourth-order valence-corrected chi connectivity index (χ4v) is 2.61. The van der Waals surface area contributed by atoms with Gasteiger partial charge in [-0.05, 0) is 28.2 Å². The van der Waals surface area contributed by atoms with Crippen LogP contribution in [0.1, 0.15) is 0 Å². The first-order valence-electron chi connectivity index (χ1n) is 6.76. The van der Waals surface area contributed by atoms with Crippen molar-refractivity contribution in [1.29, 1.82) is 0 Å². The van der Waals surface area contributed by atoms with E-state index in [-0.39, 0.29) is 33.9 Å². The standard InChI is InChI=1S/C14H21B2N4.Ir/c1-17(2)15-16(18(3)4)20(13-9-12-19(15)5)14-10-7-6-8-11-14;/h6-10,12H,1-5H3;/q-1;. The largest absolute Gasteiger partial charge is 0.559 e. The molecule has 1 aromatic carbocycles. The summed E-state index contributed by atoms with van der Waals surface area (Å²) in [5.74, 6) is 0. The SMILES string of the molecule is CN(C)B1B(N(C)C)[N+](C)=CC=[C-]N1c1[c-]cccc1.[Ir]. The van der Waals surface area contributed by atoms with E-state index >= 15 is 0 Å². The molecule has 113 valence electrons. The number of hydrogen-bond acceptors (Lipinski definition) is 3. The van der Waals surface area contributed by atoms with E-state index in [9.17, 15) is 0 Å². The first kappa shape index (κ1) is 18.2. The maximum absolute atomic E-state index is 3.36. The zero-order valence-electron chi connectivity index (χ0n) is 13.2. The molecule has 7 heteroatoms.